The summed E-state index contributed by atoms with van der Waals surface area (Å²) >= 11 is 3.25. The smallest absolute Gasteiger partial charge is 0.229 e. The fraction of sp³-hybridized carbons (Fsp3) is 0.417. The topological polar surface area (TPSA) is 55.1 Å². The van der Waals surface area contributed by atoms with Crippen LogP contribution in [0, 0.1) is 17.7 Å². The van der Waals surface area contributed by atoms with Crippen LogP contribution in [-0.4, -0.2) is 12.5 Å². The van der Waals surface area contributed by atoms with Crippen molar-refractivity contribution in [2.24, 2.45) is 17.6 Å². The van der Waals surface area contributed by atoms with Gasteiger partial charge in [0, 0.05) is 11.0 Å². The molecule has 1 atom stereocenters. The van der Waals surface area contributed by atoms with Gasteiger partial charge in [-0.2, -0.15) is 0 Å². The van der Waals surface area contributed by atoms with Crippen LogP contribution < -0.4 is 11.1 Å². The van der Waals surface area contributed by atoms with Gasteiger partial charge in [-0.25, -0.2) is 4.39 Å². The first-order valence-electron chi connectivity index (χ1n) is 5.41. The zero-order valence-electron chi connectivity index (χ0n) is 9.84. The van der Waals surface area contributed by atoms with Gasteiger partial charge in [0.1, 0.15) is 5.82 Å². The maximum atomic E-state index is 13.0. The first kappa shape index (κ1) is 14.1. The molecule has 0 saturated carbocycles. The lowest BCUT2D eigenvalue weighted by Crippen LogP contribution is -2.33. The van der Waals surface area contributed by atoms with E-state index in [9.17, 15) is 9.18 Å². The molecule has 0 aromatic heterocycles. The van der Waals surface area contributed by atoms with Gasteiger partial charge in [0.15, 0.2) is 0 Å². The van der Waals surface area contributed by atoms with Crippen molar-refractivity contribution in [3.8, 4) is 0 Å². The third kappa shape index (κ3) is 3.78. The number of carbonyl (C=O) groups excluding carboxylic acids is 1. The molecule has 1 aromatic carbocycles. The Labute approximate surface area is 109 Å². The molecular weight excluding hydrogens is 287 g/mol. The van der Waals surface area contributed by atoms with Gasteiger partial charge in [-0.3, -0.25) is 4.79 Å². The van der Waals surface area contributed by atoms with Gasteiger partial charge in [-0.05, 0) is 40.0 Å². The minimum absolute atomic E-state index is 0.146. The highest BCUT2D eigenvalue weighted by Gasteiger charge is 2.21. The molecule has 0 radical (unpaired) electrons. The van der Waals surface area contributed by atoms with Gasteiger partial charge in [0.05, 0.1) is 11.6 Å². The maximum absolute atomic E-state index is 13.0. The number of anilines is 1. The van der Waals surface area contributed by atoms with E-state index >= 15 is 0 Å². The van der Waals surface area contributed by atoms with E-state index < -0.39 is 5.82 Å². The molecule has 3 N–H and O–H groups in total. The van der Waals surface area contributed by atoms with Gasteiger partial charge >= 0.3 is 0 Å². The zero-order chi connectivity index (χ0) is 13.0. The molecule has 0 heterocycles. The van der Waals surface area contributed by atoms with Crippen molar-refractivity contribution in [2.45, 2.75) is 13.8 Å². The zero-order valence-corrected chi connectivity index (χ0v) is 11.4. The maximum Gasteiger partial charge on any atom is 0.229 e. The van der Waals surface area contributed by atoms with E-state index in [0.717, 1.165) is 0 Å². The van der Waals surface area contributed by atoms with E-state index in [1.165, 1.54) is 12.1 Å². The largest absolute Gasteiger partial charge is 0.330 e. The van der Waals surface area contributed by atoms with E-state index in [0.29, 0.717) is 10.2 Å². The number of hydrogen-bond donors (Lipinski definition) is 2. The Bertz CT molecular complexity index is 409. The van der Waals surface area contributed by atoms with Gasteiger partial charge in [-0.15, -0.1) is 0 Å². The summed E-state index contributed by atoms with van der Waals surface area (Å²) in [6.45, 7) is 4.13. The highest BCUT2D eigenvalue weighted by atomic mass is 79.9. The fourth-order valence-electron chi connectivity index (χ4n) is 1.50. The molecule has 1 unspecified atom stereocenters. The van der Waals surface area contributed by atoms with Crippen molar-refractivity contribution in [1.29, 1.82) is 0 Å². The second-order valence-electron chi connectivity index (χ2n) is 4.20. The molecule has 0 aliphatic rings. The number of amides is 1. The second-order valence-corrected chi connectivity index (χ2v) is 5.05. The molecule has 17 heavy (non-hydrogen) atoms. The Morgan fingerprint density at radius 1 is 1.53 bits per heavy atom. The molecule has 1 aromatic rings. The normalized spacial score (nSPS) is 12.6. The lowest BCUT2D eigenvalue weighted by atomic mass is 9.95. The Hall–Kier alpha value is -0.940. The monoisotopic (exact) mass is 302 g/mol. The number of nitrogens with two attached hydrogens (primary N) is 1. The summed E-state index contributed by atoms with van der Waals surface area (Å²) in [4.78, 5) is 11.9. The van der Waals surface area contributed by atoms with E-state index in [4.69, 9.17) is 5.73 Å². The van der Waals surface area contributed by atoms with Crippen LogP contribution in [-0.2, 0) is 4.79 Å². The van der Waals surface area contributed by atoms with Crippen molar-refractivity contribution < 1.29 is 9.18 Å². The van der Waals surface area contributed by atoms with Crippen LogP contribution in [0.4, 0.5) is 10.1 Å². The second kappa shape index (κ2) is 6.12. The molecule has 5 heteroatoms. The number of rotatable bonds is 4. The quantitative estimate of drug-likeness (QED) is 0.898. The van der Waals surface area contributed by atoms with Gasteiger partial charge in [0.25, 0.3) is 0 Å². The minimum Gasteiger partial charge on any atom is -0.330 e. The minimum atomic E-state index is -0.391. The molecule has 1 rings (SSSR count). The summed E-state index contributed by atoms with van der Waals surface area (Å²) in [6.07, 6.45) is 0. The number of hydrogen-bond acceptors (Lipinski definition) is 2. The van der Waals surface area contributed by atoms with Crippen molar-refractivity contribution in [3.63, 3.8) is 0 Å². The molecule has 1 amide bonds. The van der Waals surface area contributed by atoms with E-state index in [1.807, 2.05) is 13.8 Å². The van der Waals surface area contributed by atoms with Crippen LogP contribution in [0.3, 0.4) is 0 Å². The van der Waals surface area contributed by atoms with Crippen molar-refractivity contribution >= 4 is 27.5 Å². The number of benzene rings is 1. The van der Waals surface area contributed by atoms with E-state index in [-0.39, 0.29) is 24.3 Å². The van der Waals surface area contributed by atoms with Crippen LogP contribution in [0.5, 0.6) is 0 Å². The molecule has 3 nitrogen and oxygen atoms in total. The van der Waals surface area contributed by atoms with Crippen molar-refractivity contribution in [1.82, 2.24) is 0 Å². The molecule has 94 valence electrons. The molecule has 0 bridgehead atoms. The predicted molar refractivity (Wildman–Crippen MR) is 70.1 cm³/mol. The lowest BCUT2D eigenvalue weighted by molar-refractivity contribution is -0.120. The highest BCUT2D eigenvalue weighted by Crippen LogP contribution is 2.24. The first-order chi connectivity index (χ1) is 7.95. The summed E-state index contributed by atoms with van der Waals surface area (Å²) < 4.78 is 13.7. The third-order valence-corrected chi connectivity index (χ3v) is 3.27. The van der Waals surface area contributed by atoms with Crippen LogP contribution in [0.25, 0.3) is 0 Å². The van der Waals surface area contributed by atoms with Crippen LogP contribution in [0.2, 0.25) is 0 Å². The Balaban J connectivity index is 2.83. The standard InChI is InChI=1S/C12H16BrFN2O/c1-7(2)9(6-15)12(17)16-11-5-8(14)3-4-10(11)13/h3-5,7,9H,6,15H2,1-2H3,(H,16,17). The third-order valence-electron chi connectivity index (χ3n) is 2.58. The molecule has 0 saturated heterocycles. The van der Waals surface area contributed by atoms with Crippen molar-refractivity contribution in [3.05, 3.63) is 28.5 Å². The molecule has 0 aliphatic heterocycles. The summed E-state index contributed by atoms with van der Waals surface area (Å²) in [5.74, 6) is -0.705. The van der Waals surface area contributed by atoms with Crippen LogP contribution in [0.15, 0.2) is 22.7 Å². The summed E-state index contributed by atoms with van der Waals surface area (Å²) in [5, 5.41) is 2.68. The molecule has 0 aliphatic carbocycles. The van der Waals surface area contributed by atoms with Crippen molar-refractivity contribution in [2.75, 3.05) is 11.9 Å². The summed E-state index contributed by atoms with van der Waals surface area (Å²) in [7, 11) is 0. The Kier molecular flexibility index (Phi) is 5.08. The first-order valence-corrected chi connectivity index (χ1v) is 6.21. The Morgan fingerprint density at radius 3 is 2.71 bits per heavy atom. The van der Waals surface area contributed by atoms with E-state index in [2.05, 4.69) is 21.2 Å². The van der Waals surface area contributed by atoms with Crippen LogP contribution in [0.1, 0.15) is 13.8 Å². The average molecular weight is 303 g/mol. The van der Waals surface area contributed by atoms with Crippen LogP contribution >= 0.6 is 15.9 Å². The SMILES string of the molecule is CC(C)C(CN)C(=O)Nc1cc(F)ccc1Br. The number of carbonyl (C=O) groups is 1. The lowest BCUT2D eigenvalue weighted by Gasteiger charge is -2.18. The van der Waals surface area contributed by atoms with Gasteiger partial charge in [-0.1, -0.05) is 13.8 Å². The van der Waals surface area contributed by atoms with Gasteiger partial charge in [0.2, 0.25) is 5.91 Å². The number of nitrogens with one attached hydrogen (secondary N) is 1. The highest BCUT2D eigenvalue weighted by molar-refractivity contribution is 9.10. The Morgan fingerprint density at radius 2 is 2.18 bits per heavy atom. The predicted octanol–water partition coefficient (Wildman–Crippen LogP) is 2.76. The summed E-state index contributed by atoms with van der Waals surface area (Å²) in [6, 6.07) is 4.15. The molecule has 0 spiro atoms. The van der Waals surface area contributed by atoms with Gasteiger partial charge < -0.3 is 11.1 Å². The molecular formula is C12H16BrFN2O. The van der Waals surface area contributed by atoms with E-state index in [1.54, 1.807) is 6.07 Å². The summed E-state index contributed by atoms with van der Waals surface area (Å²) in [5.41, 5.74) is 5.97. The fourth-order valence-corrected chi connectivity index (χ4v) is 1.85. The average Bonchev–Trinajstić information content (AvgIpc) is 2.24. The molecule has 0 fully saturated rings. The number of halogens is 2.